The molecule has 0 spiro atoms. The molecule has 0 heterocycles. The van der Waals surface area contributed by atoms with Crippen LogP contribution in [0.4, 0.5) is 0 Å². The van der Waals surface area contributed by atoms with Gasteiger partial charge in [-0.25, -0.2) is 0 Å². The summed E-state index contributed by atoms with van der Waals surface area (Å²) in [6.07, 6.45) is 32.7. The average molecular weight is 493 g/mol. The number of hydrogen-bond donors (Lipinski definition) is 1. The fourth-order valence-corrected chi connectivity index (χ4v) is 4.47. The molecule has 4 heteroatoms. The van der Waals surface area contributed by atoms with Gasteiger partial charge in [0.1, 0.15) is 6.61 Å². The van der Waals surface area contributed by atoms with Crippen LogP contribution >= 0.6 is 0 Å². The molecule has 0 aliphatic rings. The van der Waals surface area contributed by atoms with E-state index in [1.54, 1.807) is 0 Å². The van der Waals surface area contributed by atoms with E-state index in [0.29, 0.717) is 6.42 Å². The molecule has 1 N–H and O–H groups in total. The van der Waals surface area contributed by atoms with Crippen molar-refractivity contribution in [1.82, 2.24) is 0 Å². The molecule has 0 aliphatic carbocycles. The lowest BCUT2D eigenvalue weighted by molar-refractivity contribution is -0.152. The third-order valence-corrected chi connectivity index (χ3v) is 6.66. The van der Waals surface area contributed by atoms with Gasteiger partial charge in [0.05, 0.1) is 12.3 Å². The lowest BCUT2D eigenvalue weighted by Gasteiger charge is -2.13. The predicted molar refractivity (Wildman–Crippen MR) is 149 cm³/mol. The van der Waals surface area contributed by atoms with Crippen molar-refractivity contribution in [1.29, 1.82) is 0 Å². The van der Waals surface area contributed by atoms with E-state index in [1.807, 2.05) is 0 Å². The first kappa shape index (κ1) is 33.4. The third-order valence-electron chi connectivity index (χ3n) is 6.66. The van der Waals surface area contributed by atoms with Crippen LogP contribution in [0.2, 0.25) is 0 Å². The van der Waals surface area contributed by atoms with E-state index in [1.165, 1.54) is 115 Å². The zero-order valence-corrected chi connectivity index (χ0v) is 23.0. The maximum absolute atomic E-state index is 11.9. The number of esters is 1. The highest BCUT2D eigenvalue weighted by Crippen LogP contribution is 2.18. The van der Waals surface area contributed by atoms with E-state index in [-0.39, 0.29) is 13.0 Å². The van der Waals surface area contributed by atoms with Gasteiger partial charge in [0.25, 0.3) is 0 Å². The highest BCUT2D eigenvalue weighted by molar-refractivity contribution is 5.79. The smallest absolute Gasteiger partial charge is 0.309 e. The van der Waals surface area contributed by atoms with Gasteiger partial charge in [-0.3, -0.25) is 9.59 Å². The SMILES string of the molecule is C=CCOC(=O)C(CCCCCCCCCCCCCC/C=C/CCCCCCCC)CC(=O)O. The topological polar surface area (TPSA) is 63.6 Å². The van der Waals surface area contributed by atoms with Crippen LogP contribution in [-0.4, -0.2) is 23.7 Å². The first-order valence-electron chi connectivity index (χ1n) is 14.8. The van der Waals surface area contributed by atoms with Gasteiger partial charge in [-0.2, -0.15) is 0 Å². The molecule has 0 aliphatic heterocycles. The summed E-state index contributed by atoms with van der Waals surface area (Å²) in [5, 5.41) is 9.01. The number of unbranched alkanes of at least 4 members (excludes halogenated alkanes) is 18. The van der Waals surface area contributed by atoms with Gasteiger partial charge in [-0.15, -0.1) is 0 Å². The van der Waals surface area contributed by atoms with Crippen LogP contribution in [0.25, 0.3) is 0 Å². The Hall–Kier alpha value is -1.58. The number of carbonyl (C=O) groups is 2. The molecular formula is C31H56O4. The second kappa shape index (κ2) is 27.0. The summed E-state index contributed by atoms with van der Waals surface area (Å²) in [6, 6.07) is 0. The van der Waals surface area contributed by atoms with Crippen LogP contribution in [0.1, 0.15) is 148 Å². The van der Waals surface area contributed by atoms with Crippen molar-refractivity contribution in [3.63, 3.8) is 0 Å². The van der Waals surface area contributed by atoms with Gasteiger partial charge in [-0.05, 0) is 32.1 Å². The molecule has 1 unspecified atom stereocenters. The number of carboxylic acid groups (broad SMARTS) is 1. The molecule has 0 saturated heterocycles. The highest BCUT2D eigenvalue weighted by Gasteiger charge is 2.22. The minimum atomic E-state index is -0.943. The van der Waals surface area contributed by atoms with Gasteiger partial charge in [-0.1, -0.05) is 134 Å². The Morgan fingerprint density at radius 2 is 1.14 bits per heavy atom. The van der Waals surface area contributed by atoms with Gasteiger partial charge in [0.15, 0.2) is 0 Å². The van der Waals surface area contributed by atoms with E-state index in [2.05, 4.69) is 25.7 Å². The quantitative estimate of drug-likeness (QED) is 0.0704. The second-order valence-electron chi connectivity index (χ2n) is 10.1. The molecule has 204 valence electrons. The van der Waals surface area contributed by atoms with E-state index >= 15 is 0 Å². The van der Waals surface area contributed by atoms with Crippen LogP contribution in [0.15, 0.2) is 24.8 Å². The molecule has 0 amide bonds. The Kier molecular flexibility index (Phi) is 25.8. The summed E-state index contributed by atoms with van der Waals surface area (Å²) in [4.78, 5) is 22.9. The Balaban J connectivity index is 3.41. The van der Waals surface area contributed by atoms with Crippen molar-refractivity contribution in [3.05, 3.63) is 24.8 Å². The summed E-state index contributed by atoms with van der Waals surface area (Å²) in [5.74, 6) is -1.89. The van der Waals surface area contributed by atoms with E-state index in [4.69, 9.17) is 9.84 Å². The number of rotatable bonds is 27. The molecule has 0 radical (unpaired) electrons. The molecule has 0 bridgehead atoms. The van der Waals surface area contributed by atoms with Crippen molar-refractivity contribution >= 4 is 11.9 Å². The molecule has 1 atom stereocenters. The van der Waals surface area contributed by atoms with Crippen LogP contribution in [-0.2, 0) is 14.3 Å². The molecule has 0 rings (SSSR count). The second-order valence-corrected chi connectivity index (χ2v) is 10.1. The maximum atomic E-state index is 11.9. The van der Waals surface area contributed by atoms with Gasteiger partial charge in [0.2, 0.25) is 0 Å². The normalized spacial score (nSPS) is 12.1. The van der Waals surface area contributed by atoms with Crippen molar-refractivity contribution in [2.45, 2.75) is 148 Å². The average Bonchev–Trinajstić information content (AvgIpc) is 2.84. The lowest BCUT2D eigenvalue weighted by Crippen LogP contribution is -2.21. The minimum Gasteiger partial charge on any atom is -0.481 e. The molecule has 4 nitrogen and oxygen atoms in total. The Bertz CT molecular complexity index is 526. The zero-order chi connectivity index (χ0) is 25.8. The predicted octanol–water partition coefficient (Wildman–Crippen LogP) is 9.57. The monoisotopic (exact) mass is 492 g/mol. The molecule has 0 fully saturated rings. The summed E-state index contributed by atoms with van der Waals surface area (Å²) in [5.41, 5.74) is 0. The van der Waals surface area contributed by atoms with Crippen molar-refractivity contribution < 1.29 is 19.4 Å². The fourth-order valence-electron chi connectivity index (χ4n) is 4.47. The molecule has 35 heavy (non-hydrogen) atoms. The van der Waals surface area contributed by atoms with Crippen molar-refractivity contribution in [2.24, 2.45) is 5.92 Å². The highest BCUT2D eigenvalue weighted by atomic mass is 16.5. The molecule has 0 aromatic carbocycles. The molecule has 0 aromatic heterocycles. The van der Waals surface area contributed by atoms with Crippen molar-refractivity contribution in [3.8, 4) is 0 Å². The van der Waals surface area contributed by atoms with Crippen LogP contribution in [0.3, 0.4) is 0 Å². The van der Waals surface area contributed by atoms with E-state index < -0.39 is 17.9 Å². The fraction of sp³-hybridized carbons (Fsp3) is 0.806. The van der Waals surface area contributed by atoms with E-state index in [9.17, 15) is 9.59 Å². The van der Waals surface area contributed by atoms with Gasteiger partial charge < -0.3 is 9.84 Å². The van der Waals surface area contributed by atoms with Crippen LogP contribution < -0.4 is 0 Å². The number of carbonyl (C=O) groups excluding carboxylic acids is 1. The standard InChI is InChI=1S/C31H56O4/c1-3-5-6-7-8-9-10-11-12-13-14-15-16-17-18-19-20-21-22-23-24-25-26-29(28-30(32)33)31(34)35-27-4-2/h4,11-12,29H,2-3,5-10,13-28H2,1H3,(H,32,33)/b12-11+. The molecule has 0 aromatic rings. The molecular weight excluding hydrogens is 436 g/mol. The van der Waals surface area contributed by atoms with Gasteiger partial charge in [0, 0.05) is 0 Å². The number of allylic oxidation sites excluding steroid dienone is 2. The maximum Gasteiger partial charge on any atom is 0.309 e. The summed E-state index contributed by atoms with van der Waals surface area (Å²) >= 11 is 0. The largest absolute Gasteiger partial charge is 0.481 e. The first-order valence-corrected chi connectivity index (χ1v) is 14.8. The Morgan fingerprint density at radius 3 is 1.57 bits per heavy atom. The van der Waals surface area contributed by atoms with Crippen molar-refractivity contribution in [2.75, 3.05) is 6.61 Å². The van der Waals surface area contributed by atoms with E-state index in [0.717, 1.165) is 19.3 Å². The minimum absolute atomic E-state index is 0.144. The van der Waals surface area contributed by atoms with Crippen LogP contribution in [0, 0.1) is 5.92 Å². The number of carboxylic acids is 1. The Labute approximate surface area is 217 Å². The summed E-state index contributed by atoms with van der Waals surface area (Å²) in [6.45, 7) is 5.93. The summed E-state index contributed by atoms with van der Waals surface area (Å²) in [7, 11) is 0. The zero-order valence-electron chi connectivity index (χ0n) is 23.0. The Morgan fingerprint density at radius 1 is 0.714 bits per heavy atom. The summed E-state index contributed by atoms with van der Waals surface area (Å²) < 4.78 is 5.03. The number of aliphatic carboxylic acids is 1. The third kappa shape index (κ3) is 25.3. The number of hydrogen-bond acceptors (Lipinski definition) is 3. The first-order chi connectivity index (χ1) is 17.1. The number of ether oxygens (including phenoxy) is 1. The lowest BCUT2D eigenvalue weighted by atomic mass is 9.97. The van der Waals surface area contributed by atoms with Gasteiger partial charge >= 0.3 is 11.9 Å². The van der Waals surface area contributed by atoms with Crippen LogP contribution in [0.5, 0.6) is 0 Å². The molecule has 0 saturated carbocycles.